The van der Waals surface area contributed by atoms with Gasteiger partial charge in [0, 0.05) is 16.8 Å². The van der Waals surface area contributed by atoms with Gasteiger partial charge in [0.2, 0.25) is 0 Å². The number of ether oxygens (including phenoxy) is 2. The molecule has 0 atom stereocenters. The first-order valence-electron chi connectivity index (χ1n) is 13.2. The van der Waals surface area contributed by atoms with Crippen LogP contribution in [0.3, 0.4) is 0 Å². The third kappa shape index (κ3) is 5.42. The lowest BCUT2D eigenvalue weighted by Crippen LogP contribution is -2.20. The first-order valence-corrected chi connectivity index (χ1v) is 14.2. The molecule has 0 saturated carbocycles. The maximum Gasteiger partial charge on any atom is 0.250 e. The van der Waals surface area contributed by atoms with Crippen LogP contribution in [0.4, 0.5) is 0 Å². The van der Waals surface area contributed by atoms with Crippen molar-refractivity contribution in [2.75, 3.05) is 20.0 Å². The summed E-state index contributed by atoms with van der Waals surface area (Å²) >= 11 is 1.28. The van der Waals surface area contributed by atoms with Crippen LogP contribution >= 0.6 is 11.8 Å². The number of rotatable bonds is 9. The molecule has 0 spiro atoms. The lowest BCUT2D eigenvalue weighted by molar-refractivity contribution is -0.118. The molecule has 0 radical (unpaired) electrons. The van der Waals surface area contributed by atoms with Gasteiger partial charge in [-0.2, -0.15) is 5.10 Å². The molecule has 0 aliphatic heterocycles. The number of hydrogen-bond donors (Lipinski definition) is 1. The first kappa shape index (κ1) is 27.0. The summed E-state index contributed by atoms with van der Waals surface area (Å²) in [6.45, 7) is 0. The van der Waals surface area contributed by atoms with Crippen LogP contribution in [0.25, 0.3) is 38.6 Å². The molecule has 1 N–H and O–H groups in total. The summed E-state index contributed by atoms with van der Waals surface area (Å²) in [6, 6.07) is 33.8. The topological polar surface area (TPSA) is 90.6 Å². The molecule has 0 saturated heterocycles. The van der Waals surface area contributed by atoms with Crippen molar-refractivity contribution in [1.82, 2.24) is 20.2 Å². The number of methoxy groups -OCH3 is 2. The van der Waals surface area contributed by atoms with Gasteiger partial charge in [-0.3, -0.25) is 9.36 Å². The number of amides is 1. The fraction of sp³-hybridized carbons (Fsp3) is 0.0909. The maximum absolute atomic E-state index is 12.9. The summed E-state index contributed by atoms with van der Waals surface area (Å²) in [5, 5.41) is 18.2. The molecule has 1 aromatic heterocycles. The number of para-hydroxylation sites is 1. The van der Waals surface area contributed by atoms with Crippen molar-refractivity contribution in [2.24, 2.45) is 5.10 Å². The van der Waals surface area contributed by atoms with E-state index >= 15 is 0 Å². The zero-order chi connectivity index (χ0) is 28.9. The highest BCUT2D eigenvalue weighted by atomic mass is 32.2. The number of nitrogens with zero attached hydrogens (tertiary/aromatic N) is 4. The van der Waals surface area contributed by atoms with Gasteiger partial charge in [0.05, 0.1) is 26.2 Å². The van der Waals surface area contributed by atoms with Crippen LogP contribution in [0.1, 0.15) is 5.56 Å². The number of fused-ring (bicyclic) bond motifs is 2. The van der Waals surface area contributed by atoms with E-state index in [4.69, 9.17) is 9.47 Å². The van der Waals surface area contributed by atoms with Crippen molar-refractivity contribution in [1.29, 1.82) is 0 Å². The highest BCUT2D eigenvalue weighted by Gasteiger charge is 2.19. The first-order chi connectivity index (χ1) is 20.7. The summed E-state index contributed by atoms with van der Waals surface area (Å²) in [4.78, 5) is 12.9. The Bertz CT molecular complexity index is 1870. The summed E-state index contributed by atoms with van der Waals surface area (Å²) in [5.41, 5.74) is 5.31. The number of carbonyl (C=O) groups is 1. The SMILES string of the molecule is COc1ccc(-c2nnc(SCC(=O)N/N=C/c3c4ccccc4cc4ccccc34)n2-c2ccccc2)cc1OC. The Morgan fingerprint density at radius 1 is 0.833 bits per heavy atom. The van der Waals surface area contributed by atoms with Gasteiger partial charge < -0.3 is 9.47 Å². The normalized spacial score (nSPS) is 11.3. The zero-order valence-electron chi connectivity index (χ0n) is 23.0. The second kappa shape index (κ2) is 12.2. The minimum Gasteiger partial charge on any atom is -0.493 e. The molecule has 1 amide bonds. The number of nitrogens with one attached hydrogen (secondary N) is 1. The number of thioether (sulfide) groups is 1. The van der Waals surface area contributed by atoms with E-state index in [-0.39, 0.29) is 11.7 Å². The molecule has 5 aromatic carbocycles. The third-order valence-corrected chi connectivity index (χ3v) is 7.75. The lowest BCUT2D eigenvalue weighted by atomic mass is 9.97. The second-order valence-corrected chi connectivity index (χ2v) is 10.3. The van der Waals surface area contributed by atoms with Crippen LogP contribution in [0.15, 0.2) is 113 Å². The van der Waals surface area contributed by atoms with Gasteiger partial charge in [0.15, 0.2) is 22.5 Å². The van der Waals surface area contributed by atoms with Gasteiger partial charge >= 0.3 is 0 Å². The molecule has 1 heterocycles. The molecule has 0 bridgehead atoms. The molecule has 0 unspecified atom stereocenters. The molecule has 6 aromatic rings. The molecule has 6 rings (SSSR count). The Morgan fingerprint density at radius 2 is 1.50 bits per heavy atom. The predicted molar refractivity (Wildman–Crippen MR) is 168 cm³/mol. The third-order valence-electron chi connectivity index (χ3n) is 6.82. The summed E-state index contributed by atoms with van der Waals surface area (Å²) in [7, 11) is 3.19. The van der Waals surface area contributed by atoms with Crippen molar-refractivity contribution in [3.8, 4) is 28.6 Å². The molecule has 208 valence electrons. The highest BCUT2D eigenvalue weighted by Crippen LogP contribution is 2.34. The smallest absolute Gasteiger partial charge is 0.250 e. The van der Waals surface area contributed by atoms with E-state index in [1.807, 2.05) is 77.4 Å². The van der Waals surface area contributed by atoms with Gasteiger partial charge in [-0.05, 0) is 57.9 Å². The van der Waals surface area contributed by atoms with Crippen molar-refractivity contribution >= 4 is 45.4 Å². The van der Waals surface area contributed by atoms with Gasteiger partial charge in [-0.1, -0.05) is 78.5 Å². The monoisotopic (exact) mass is 573 g/mol. The zero-order valence-corrected chi connectivity index (χ0v) is 23.8. The van der Waals surface area contributed by atoms with Crippen molar-refractivity contribution in [3.63, 3.8) is 0 Å². The van der Waals surface area contributed by atoms with E-state index in [2.05, 4.69) is 51.1 Å². The average molecular weight is 574 g/mol. The fourth-order valence-electron chi connectivity index (χ4n) is 4.85. The minimum absolute atomic E-state index is 0.102. The van der Waals surface area contributed by atoms with Crippen LogP contribution in [-0.4, -0.2) is 46.9 Å². The van der Waals surface area contributed by atoms with E-state index in [1.54, 1.807) is 20.4 Å². The average Bonchev–Trinajstić information content (AvgIpc) is 3.47. The molecule has 9 heteroatoms. The van der Waals surface area contributed by atoms with Crippen LogP contribution in [0.5, 0.6) is 11.5 Å². The molecule has 0 fully saturated rings. The van der Waals surface area contributed by atoms with E-state index in [0.717, 1.165) is 38.4 Å². The molecular weight excluding hydrogens is 546 g/mol. The number of benzene rings is 5. The Balaban J connectivity index is 1.23. The summed E-state index contributed by atoms with van der Waals surface area (Å²) < 4.78 is 12.8. The Hall–Kier alpha value is -5.15. The minimum atomic E-state index is -0.254. The molecule has 8 nitrogen and oxygen atoms in total. The van der Waals surface area contributed by atoms with Gasteiger partial charge in [-0.25, -0.2) is 5.43 Å². The van der Waals surface area contributed by atoms with Gasteiger partial charge in [0.25, 0.3) is 5.91 Å². The number of aromatic nitrogens is 3. The number of hydrazone groups is 1. The predicted octanol–water partition coefficient (Wildman–Crippen LogP) is 6.50. The largest absolute Gasteiger partial charge is 0.493 e. The van der Waals surface area contributed by atoms with Crippen LogP contribution in [-0.2, 0) is 4.79 Å². The van der Waals surface area contributed by atoms with Crippen molar-refractivity contribution in [2.45, 2.75) is 5.16 Å². The summed E-state index contributed by atoms with van der Waals surface area (Å²) in [6.07, 6.45) is 1.72. The van der Waals surface area contributed by atoms with Crippen LogP contribution in [0, 0.1) is 0 Å². The highest BCUT2D eigenvalue weighted by molar-refractivity contribution is 7.99. The Morgan fingerprint density at radius 3 is 2.19 bits per heavy atom. The molecular formula is C33H27N5O3S. The van der Waals surface area contributed by atoms with E-state index in [0.29, 0.717) is 22.5 Å². The number of hydrogen-bond acceptors (Lipinski definition) is 7. The van der Waals surface area contributed by atoms with Gasteiger partial charge in [0.1, 0.15) is 0 Å². The fourth-order valence-corrected chi connectivity index (χ4v) is 5.60. The van der Waals surface area contributed by atoms with Crippen LogP contribution in [0.2, 0.25) is 0 Å². The van der Waals surface area contributed by atoms with Crippen molar-refractivity contribution in [3.05, 3.63) is 109 Å². The van der Waals surface area contributed by atoms with E-state index in [9.17, 15) is 4.79 Å². The molecule has 0 aliphatic carbocycles. The van der Waals surface area contributed by atoms with E-state index in [1.165, 1.54) is 11.8 Å². The van der Waals surface area contributed by atoms with E-state index < -0.39 is 0 Å². The Kier molecular flexibility index (Phi) is 7.83. The van der Waals surface area contributed by atoms with Crippen LogP contribution < -0.4 is 14.9 Å². The maximum atomic E-state index is 12.9. The summed E-state index contributed by atoms with van der Waals surface area (Å²) in [5.74, 6) is 1.67. The Labute approximate surface area is 247 Å². The molecule has 42 heavy (non-hydrogen) atoms. The standard InChI is InChI=1S/C33H27N5O3S/c1-40-29-17-16-24(19-30(29)41-2)32-36-37-33(38(32)25-12-4-3-5-13-25)42-21-31(39)35-34-20-28-26-14-8-6-10-22(26)18-23-11-7-9-15-27(23)28/h3-20H,21H2,1-2H3,(H,35,39)/b34-20+. The molecule has 0 aliphatic rings. The second-order valence-electron chi connectivity index (χ2n) is 9.36. The van der Waals surface area contributed by atoms with Crippen molar-refractivity contribution < 1.29 is 14.3 Å². The lowest BCUT2D eigenvalue weighted by Gasteiger charge is -2.12. The quantitative estimate of drug-likeness (QED) is 0.0919. The van der Waals surface area contributed by atoms with Gasteiger partial charge in [-0.15, -0.1) is 10.2 Å². The number of carbonyl (C=O) groups excluding carboxylic acids is 1.